The minimum absolute atomic E-state index is 0.432. The zero-order valence-corrected chi connectivity index (χ0v) is 10.3. The first-order valence-corrected chi connectivity index (χ1v) is 5.80. The number of amides is 1. The molecule has 1 amide bonds. The van der Waals surface area contributed by atoms with Crippen molar-refractivity contribution in [2.24, 2.45) is 5.73 Å². The van der Waals surface area contributed by atoms with Gasteiger partial charge in [-0.05, 0) is 35.3 Å². The van der Waals surface area contributed by atoms with Crippen LogP contribution in [0.2, 0.25) is 0 Å². The van der Waals surface area contributed by atoms with Crippen LogP contribution < -0.4 is 5.73 Å². The number of carbonyl (C=O) groups is 1. The molecule has 0 fully saturated rings. The maximum Gasteiger partial charge on any atom is 0.241 e. The van der Waals surface area contributed by atoms with E-state index >= 15 is 0 Å². The molecule has 0 bridgehead atoms. The Morgan fingerprint density at radius 3 is 2.33 bits per heavy atom. The minimum atomic E-state index is -0.432. The van der Waals surface area contributed by atoms with Crippen molar-refractivity contribution in [3.63, 3.8) is 0 Å². The van der Waals surface area contributed by atoms with Gasteiger partial charge in [0.25, 0.3) is 0 Å². The molecule has 2 N–H and O–H groups in total. The first kappa shape index (κ1) is 12.1. The number of hydrogen-bond donors (Lipinski definition) is 1. The Morgan fingerprint density at radius 2 is 1.72 bits per heavy atom. The smallest absolute Gasteiger partial charge is 0.241 e. The third-order valence-electron chi connectivity index (χ3n) is 2.81. The van der Waals surface area contributed by atoms with E-state index in [2.05, 4.69) is 19.1 Å². The van der Waals surface area contributed by atoms with Crippen molar-refractivity contribution < 1.29 is 4.79 Å². The highest BCUT2D eigenvalue weighted by molar-refractivity contribution is 5.90. The second-order valence-corrected chi connectivity index (χ2v) is 4.17. The van der Waals surface area contributed by atoms with Crippen molar-refractivity contribution in [2.75, 3.05) is 0 Å². The molecule has 2 aromatic rings. The van der Waals surface area contributed by atoms with Crippen LogP contribution in [0.1, 0.15) is 11.1 Å². The predicted octanol–water partition coefficient (Wildman–Crippen LogP) is 3.16. The molecule has 0 saturated carbocycles. The van der Waals surface area contributed by atoms with Crippen molar-refractivity contribution in [1.29, 1.82) is 0 Å². The Balaban J connectivity index is 2.28. The largest absolute Gasteiger partial charge is 0.366 e. The van der Waals surface area contributed by atoms with Crippen LogP contribution in [0.5, 0.6) is 0 Å². The molecule has 0 heterocycles. The van der Waals surface area contributed by atoms with Crippen LogP contribution in [-0.2, 0) is 4.79 Å². The second kappa shape index (κ2) is 5.32. The van der Waals surface area contributed by atoms with Gasteiger partial charge in [0.2, 0.25) is 5.91 Å². The summed E-state index contributed by atoms with van der Waals surface area (Å²) in [5.41, 5.74) is 9.66. The summed E-state index contributed by atoms with van der Waals surface area (Å²) in [6.07, 6.45) is 3.08. The number of aryl methyl sites for hydroxylation is 1. The highest BCUT2D eigenvalue weighted by Crippen LogP contribution is 2.23. The third kappa shape index (κ3) is 2.86. The highest BCUT2D eigenvalue weighted by Gasteiger charge is 1.99. The summed E-state index contributed by atoms with van der Waals surface area (Å²) in [6.45, 7) is 2.09. The van der Waals surface area contributed by atoms with Crippen LogP contribution in [0, 0.1) is 6.92 Å². The van der Waals surface area contributed by atoms with E-state index in [1.54, 1.807) is 6.08 Å². The van der Waals surface area contributed by atoms with Crippen molar-refractivity contribution in [1.82, 2.24) is 0 Å². The zero-order chi connectivity index (χ0) is 13.0. The second-order valence-electron chi connectivity index (χ2n) is 4.17. The van der Waals surface area contributed by atoms with E-state index in [1.807, 2.05) is 36.4 Å². The van der Waals surface area contributed by atoms with Gasteiger partial charge in [0.05, 0.1) is 0 Å². The van der Waals surface area contributed by atoms with Gasteiger partial charge in [0, 0.05) is 6.08 Å². The molecule has 2 aromatic carbocycles. The van der Waals surface area contributed by atoms with Crippen molar-refractivity contribution in [3.8, 4) is 11.1 Å². The molecule has 0 unspecified atom stereocenters. The summed E-state index contributed by atoms with van der Waals surface area (Å²) in [5.74, 6) is -0.432. The van der Waals surface area contributed by atoms with Gasteiger partial charge in [0.15, 0.2) is 0 Å². The van der Waals surface area contributed by atoms with Crippen molar-refractivity contribution in [2.45, 2.75) is 6.92 Å². The van der Waals surface area contributed by atoms with Gasteiger partial charge in [-0.25, -0.2) is 0 Å². The minimum Gasteiger partial charge on any atom is -0.366 e. The third-order valence-corrected chi connectivity index (χ3v) is 2.81. The van der Waals surface area contributed by atoms with E-state index in [9.17, 15) is 4.79 Å². The molecule has 0 radical (unpaired) electrons. The fraction of sp³-hybridized carbons (Fsp3) is 0.0625. The molecule has 90 valence electrons. The average Bonchev–Trinajstić information content (AvgIpc) is 2.38. The summed E-state index contributed by atoms with van der Waals surface area (Å²) >= 11 is 0. The maximum absolute atomic E-state index is 10.6. The molecule has 2 rings (SSSR count). The van der Waals surface area contributed by atoms with E-state index in [-0.39, 0.29) is 0 Å². The summed E-state index contributed by atoms with van der Waals surface area (Å²) < 4.78 is 0. The van der Waals surface area contributed by atoms with E-state index in [1.165, 1.54) is 22.8 Å². The van der Waals surface area contributed by atoms with Crippen LogP contribution in [0.25, 0.3) is 17.2 Å². The molecule has 0 saturated heterocycles. The number of rotatable bonds is 3. The summed E-state index contributed by atoms with van der Waals surface area (Å²) in [7, 11) is 0. The van der Waals surface area contributed by atoms with Gasteiger partial charge in [-0.2, -0.15) is 0 Å². The monoisotopic (exact) mass is 237 g/mol. The Morgan fingerprint density at radius 1 is 1.06 bits per heavy atom. The maximum atomic E-state index is 10.6. The van der Waals surface area contributed by atoms with Crippen molar-refractivity contribution >= 4 is 12.0 Å². The summed E-state index contributed by atoms with van der Waals surface area (Å²) in [4.78, 5) is 10.6. The molecule has 0 aliphatic rings. The van der Waals surface area contributed by atoms with Crippen LogP contribution in [0.15, 0.2) is 54.6 Å². The zero-order valence-electron chi connectivity index (χ0n) is 10.3. The normalized spacial score (nSPS) is 10.7. The lowest BCUT2D eigenvalue weighted by Gasteiger charge is -2.05. The van der Waals surface area contributed by atoms with Crippen LogP contribution in [0.4, 0.5) is 0 Å². The van der Waals surface area contributed by atoms with Gasteiger partial charge in [-0.15, -0.1) is 0 Å². The lowest BCUT2D eigenvalue weighted by molar-refractivity contribution is -0.113. The standard InChI is InChI=1S/C16H15NO/c1-12-4-2-3-5-15(12)14-9-6-13(7-10-14)8-11-16(17)18/h2-11H,1H3,(H2,17,18)/b11-8-. The Hall–Kier alpha value is -2.35. The first-order valence-electron chi connectivity index (χ1n) is 5.80. The highest BCUT2D eigenvalue weighted by atomic mass is 16.1. The van der Waals surface area contributed by atoms with Crippen LogP contribution in [0.3, 0.4) is 0 Å². The number of benzene rings is 2. The SMILES string of the molecule is Cc1ccccc1-c1ccc(/C=C\C(N)=O)cc1. The summed E-state index contributed by atoms with van der Waals surface area (Å²) in [5, 5.41) is 0. The summed E-state index contributed by atoms with van der Waals surface area (Å²) in [6, 6.07) is 16.3. The molecule has 2 heteroatoms. The van der Waals surface area contributed by atoms with Gasteiger partial charge in [-0.3, -0.25) is 4.79 Å². The fourth-order valence-corrected chi connectivity index (χ4v) is 1.85. The van der Waals surface area contributed by atoms with E-state index in [0.29, 0.717) is 0 Å². The van der Waals surface area contributed by atoms with Gasteiger partial charge in [-0.1, -0.05) is 48.5 Å². The number of nitrogens with two attached hydrogens (primary N) is 1. The quantitative estimate of drug-likeness (QED) is 0.819. The number of primary amides is 1. The molecular formula is C16H15NO. The molecule has 0 aliphatic carbocycles. The van der Waals surface area contributed by atoms with E-state index < -0.39 is 5.91 Å². The fourth-order valence-electron chi connectivity index (χ4n) is 1.85. The molecule has 2 nitrogen and oxygen atoms in total. The molecular weight excluding hydrogens is 222 g/mol. The van der Waals surface area contributed by atoms with Gasteiger partial charge in [0.1, 0.15) is 0 Å². The lowest BCUT2D eigenvalue weighted by Crippen LogP contribution is -2.04. The van der Waals surface area contributed by atoms with Gasteiger partial charge < -0.3 is 5.73 Å². The topological polar surface area (TPSA) is 43.1 Å². The van der Waals surface area contributed by atoms with Crippen LogP contribution >= 0.6 is 0 Å². The van der Waals surface area contributed by atoms with Crippen molar-refractivity contribution in [3.05, 3.63) is 65.7 Å². The molecule has 0 spiro atoms. The molecule has 0 aliphatic heterocycles. The average molecular weight is 237 g/mol. The molecule has 18 heavy (non-hydrogen) atoms. The Labute approximate surface area is 107 Å². The predicted molar refractivity (Wildman–Crippen MR) is 74.8 cm³/mol. The first-order chi connectivity index (χ1) is 8.66. The molecule has 0 aromatic heterocycles. The Bertz CT molecular complexity index is 582. The lowest BCUT2D eigenvalue weighted by atomic mass is 9.99. The molecule has 0 atom stereocenters. The van der Waals surface area contributed by atoms with Gasteiger partial charge >= 0.3 is 0 Å². The Kier molecular flexibility index (Phi) is 3.58. The van der Waals surface area contributed by atoms with E-state index in [0.717, 1.165) is 5.56 Å². The van der Waals surface area contributed by atoms with E-state index in [4.69, 9.17) is 5.73 Å². The number of carbonyl (C=O) groups excluding carboxylic acids is 1. The number of hydrogen-bond acceptors (Lipinski definition) is 1. The van der Waals surface area contributed by atoms with Crippen LogP contribution in [-0.4, -0.2) is 5.91 Å².